The molecule has 4 saturated carbocycles. The molecule has 4 aliphatic rings. The maximum atomic E-state index is 4.40. The average molecular weight is 459 g/mol. The quantitative estimate of drug-likeness (QED) is 0.462. The van der Waals surface area contributed by atoms with Crippen LogP contribution in [0.4, 0.5) is 0 Å². The van der Waals surface area contributed by atoms with Gasteiger partial charge in [-0.25, -0.2) is 0 Å². The smallest absolute Gasteiger partial charge is 0.0346 e. The van der Waals surface area contributed by atoms with Gasteiger partial charge in [0.05, 0.1) is 0 Å². The molecule has 34 heavy (non-hydrogen) atoms. The summed E-state index contributed by atoms with van der Waals surface area (Å²) in [5.74, 6) is 4.53. The molecule has 1 aromatic heterocycles. The lowest BCUT2D eigenvalue weighted by molar-refractivity contribution is -0.117. The summed E-state index contributed by atoms with van der Waals surface area (Å²) < 4.78 is 0. The van der Waals surface area contributed by atoms with E-state index in [-0.39, 0.29) is 0 Å². The molecule has 4 fully saturated rings. The lowest BCUT2D eigenvalue weighted by Crippen LogP contribution is -2.55. The molecule has 184 valence electrons. The molecule has 2 unspecified atom stereocenters. The molecule has 0 saturated heterocycles. The summed E-state index contributed by atoms with van der Waals surface area (Å²) in [4.78, 5) is 7.07. The van der Waals surface area contributed by atoms with Crippen molar-refractivity contribution in [2.24, 2.45) is 34.5 Å². The highest BCUT2D eigenvalue weighted by molar-refractivity contribution is 5.82. The Morgan fingerprint density at radius 3 is 2.50 bits per heavy atom. The first-order valence-electron chi connectivity index (χ1n) is 14.4. The van der Waals surface area contributed by atoms with Crippen molar-refractivity contribution in [3.05, 3.63) is 42.2 Å². The topological polar surface area (TPSA) is 16.1 Å². The third-order valence-corrected chi connectivity index (χ3v) is 12.1. The van der Waals surface area contributed by atoms with E-state index >= 15 is 0 Å². The second kappa shape index (κ2) is 8.32. The molecule has 2 heteroatoms. The van der Waals surface area contributed by atoms with E-state index in [2.05, 4.69) is 75.1 Å². The lowest BCUT2D eigenvalue weighted by Gasteiger charge is -2.61. The Labute approximate surface area is 207 Å². The van der Waals surface area contributed by atoms with Crippen LogP contribution in [-0.2, 0) is 0 Å². The van der Waals surface area contributed by atoms with E-state index in [1.807, 2.05) is 6.20 Å². The number of nitrogens with zero attached hydrogens (tertiary/aromatic N) is 2. The molecular formula is C32H46N2. The van der Waals surface area contributed by atoms with Gasteiger partial charge in [-0.15, -0.1) is 0 Å². The summed E-state index contributed by atoms with van der Waals surface area (Å²) in [6.07, 6.45) is 17.0. The molecule has 2 aromatic rings. The second-order valence-electron chi connectivity index (χ2n) is 13.5. The van der Waals surface area contributed by atoms with Gasteiger partial charge in [0.25, 0.3) is 0 Å². The summed E-state index contributed by atoms with van der Waals surface area (Å²) in [5, 5.41) is 2.64. The summed E-state index contributed by atoms with van der Waals surface area (Å²) in [5.41, 5.74) is 2.65. The van der Waals surface area contributed by atoms with Crippen LogP contribution in [-0.4, -0.2) is 29.0 Å². The number of rotatable bonds is 3. The van der Waals surface area contributed by atoms with E-state index in [0.29, 0.717) is 16.9 Å². The molecule has 0 aliphatic heterocycles. The first kappa shape index (κ1) is 23.0. The first-order valence-corrected chi connectivity index (χ1v) is 14.4. The van der Waals surface area contributed by atoms with Crippen LogP contribution in [0.1, 0.15) is 97.0 Å². The van der Waals surface area contributed by atoms with Gasteiger partial charge in [0.1, 0.15) is 0 Å². The van der Waals surface area contributed by atoms with Crippen molar-refractivity contribution in [3.63, 3.8) is 0 Å². The highest BCUT2D eigenvalue weighted by Crippen LogP contribution is 2.69. The largest absolute Gasteiger partial charge is 0.301 e. The van der Waals surface area contributed by atoms with Gasteiger partial charge in [0.2, 0.25) is 0 Å². The maximum absolute atomic E-state index is 4.40. The van der Waals surface area contributed by atoms with Crippen molar-refractivity contribution in [1.82, 2.24) is 9.88 Å². The molecule has 6 rings (SSSR count). The SMILES string of the molecule is CC(C)N(C)[C@H]1CC[C@@]2(C)C(CC[C@@H]3C2CC[C@]2(C)[C@@H](c4ccc5ccncc5c4)CC[C@@H]32)C1. The van der Waals surface area contributed by atoms with E-state index in [4.69, 9.17) is 0 Å². The second-order valence-corrected chi connectivity index (χ2v) is 13.5. The van der Waals surface area contributed by atoms with Crippen molar-refractivity contribution < 1.29 is 0 Å². The molecule has 0 N–H and O–H groups in total. The molecule has 0 bridgehead atoms. The molecule has 2 nitrogen and oxygen atoms in total. The van der Waals surface area contributed by atoms with Crippen molar-refractivity contribution >= 4 is 10.8 Å². The fourth-order valence-corrected chi connectivity index (χ4v) is 9.89. The summed E-state index contributed by atoms with van der Waals surface area (Å²) in [7, 11) is 2.37. The zero-order chi connectivity index (χ0) is 23.7. The first-order chi connectivity index (χ1) is 16.3. The minimum absolute atomic E-state index is 0.481. The molecule has 1 aromatic carbocycles. The van der Waals surface area contributed by atoms with Crippen LogP contribution in [0, 0.1) is 34.5 Å². The van der Waals surface area contributed by atoms with Crippen LogP contribution in [0.2, 0.25) is 0 Å². The number of aromatic nitrogens is 1. The zero-order valence-corrected chi connectivity index (χ0v) is 22.3. The van der Waals surface area contributed by atoms with Gasteiger partial charge in [0, 0.05) is 29.9 Å². The third-order valence-electron chi connectivity index (χ3n) is 12.1. The molecule has 0 radical (unpaired) electrons. The van der Waals surface area contributed by atoms with Crippen LogP contribution in [0.3, 0.4) is 0 Å². The van der Waals surface area contributed by atoms with Gasteiger partial charge in [-0.2, -0.15) is 0 Å². The van der Waals surface area contributed by atoms with Crippen LogP contribution < -0.4 is 0 Å². The van der Waals surface area contributed by atoms with Gasteiger partial charge < -0.3 is 4.90 Å². The van der Waals surface area contributed by atoms with Crippen LogP contribution >= 0.6 is 0 Å². The third kappa shape index (κ3) is 3.41. The van der Waals surface area contributed by atoms with Crippen molar-refractivity contribution in [2.45, 2.75) is 103 Å². The standard InChI is InChI=1S/C32H46N2/c1-21(2)34(5)26-12-15-31(3)25(19-26)8-9-27-29-11-10-28(32(29,4)16-13-30(27)31)23-7-6-22-14-17-33-20-24(22)18-23/h6-7,14,17-18,20-21,25-30H,8-13,15-16,19H2,1-5H3/t25?,26-,27-,28+,29-,30?,31-,32+/m0/s1. The van der Waals surface area contributed by atoms with Gasteiger partial charge in [-0.3, -0.25) is 4.98 Å². The molecule has 0 amide bonds. The van der Waals surface area contributed by atoms with E-state index < -0.39 is 0 Å². The van der Waals surface area contributed by atoms with Gasteiger partial charge in [-0.05, 0) is 142 Å². The van der Waals surface area contributed by atoms with Gasteiger partial charge in [0.15, 0.2) is 0 Å². The highest BCUT2D eigenvalue weighted by atomic mass is 15.1. The Balaban J connectivity index is 1.24. The van der Waals surface area contributed by atoms with E-state index in [1.54, 1.807) is 5.56 Å². The number of hydrogen-bond acceptors (Lipinski definition) is 2. The van der Waals surface area contributed by atoms with Crippen molar-refractivity contribution in [3.8, 4) is 0 Å². The predicted octanol–water partition coefficient (Wildman–Crippen LogP) is 8.07. The number of fused-ring (bicyclic) bond motifs is 6. The molecule has 4 aliphatic carbocycles. The summed E-state index contributed by atoms with van der Waals surface area (Å²) >= 11 is 0. The average Bonchev–Trinajstić information content (AvgIpc) is 3.20. The highest BCUT2D eigenvalue weighted by Gasteiger charge is 2.60. The molecule has 1 heterocycles. The lowest BCUT2D eigenvalue weighted by atomic mass is 9.44. The van der Waals surface area contributed by atoms with E-state index in [1.165, 1.54) is 68.6 Å². The van der Waals surface area contributed by atoms with E-state index in [9.17, 15) is 0 Å². The minimum Gasteiger partial charge on any atom is -0.301 e. The Bertz CT molecular complexity index is 1040. The summed E-state index contributed by atoms with van der Waals surface area (Å²) in [6.45, 7) is 10.2. The number of hydrogen-bond donors (Lipinski definition) is 0. The Kier molecular flexibility index (Phi) is 5.64. The van der Waals surface area contributed by atoms with Gasteiger partial charge in [-0.1, -0.05) is 26.0 Å². The van der Waals surface area contributed by atoms with Crippen LogP contribution in [0.15, 0.2) is 36.7 Å². The Hall–Kier alpha value is -1.41. The van der Waals surface area contributed by atoms with E-state index in [0.717, 1.165) is 35.6 Å². The minimum atomic E-state index is 0.481. The fourth-order valence-electron chi connectivity index (χ4n) is 9.89. The summed E-state index contributed by atoms with van der Waals surface area (Å²) in [6, 6.07) is 10.9. The Morgan fingerprint density at radius 1 is 0.882 bits per heavy atom. The van der Waals surface area contributed by atoms with Gasteiger partial charge >= 0.3 is 0 Å². The fraction of sp³-hybridized carbons (Fsp3) is 0.719. The number of benzene rings is 1. The maximum Gasteiger partial charge on any atom is 0.0346 e. The Morgan fingerprint density at radius 2 is 1.68 bits per heavy atom. The van der Waals surface area contributed by atoms with Crippen LogP contribution in [0.5, 0.6) is 0 Å². The van der Waals surface area contributed by atoms with Crippen LogP contribution in [0.25, 0.3) is 10.8 Å². The number of pyridine rings is 1. The monoisotopic (exact) mass is 458 g/mol. The normalized spacial score (nSPS) is 42.0. The predicted molar refractivity (Wildman–Crippen MR) is 143 cm³/mol. The van der Waals surface area contributed by atoms with Crippen molar-refractivity contribution in [1.29, 1.82) is 0 Å². The van der Waals surface area contributed by atoms with Crippen molar-refractivity contribution in [2.75, 3.05) is 7.05 Å². The molecular weight excluding hydrogens is 412 g/mol. The molecule has 0 spiro atoms. The molecule has 8 atom stereocenters. The zero-order valence-electron chi connectivity index (χ0n) is 22.3.